The summed E-state index contributed by atoms with van der Waals surface area (Å²) in [6.07, 6.45) is 11.1. The van der Waals surface area contributed by atoms with Gasteiger partial charge in [-0.3, -0.25) is 9.69 Å². The highest BCUT2D eigenvalue weighted by atomic mass is 19.1. The van der Waals surface area contributed by atoms with Crippen molar-refractivity contribution in [1.29, 1.82) is 0 Å². The first-order valence-corrected chi connectivity index (χ1v) is 11.0. The maximum Gasteiger partial charge on any atom is 0.226 e. The lowest BCUT2D eigenvalue weighted by Crippen LogP contribution is -2.42. The number of halogens is 1. The van der Waals surface area contributed by atoms with Crippen LogP contribution in [0, 0.1) is 17.7 Å². The second-order valence-electron chi connectivity index (χ2n) is 8.40. The van der Waals surface area contributed by atoms with Crippen molar-refractivity contribution >= 4 is 5.91 Å². The maximum atomic E-state index is 13.3. The van der Waals surface area contributed by atoms with E-state index in [1.165, 1.54) is 12.1 Å². The van der Waals surface area contributed by atoms with E-state index in [4.69, 9.17) is 0 Å². The first-order valence-electron chi connectivity index (χ1n) is 11.0. The summed E-state index contributed by atoms with van der Waals surface area (Å²) in [4.78, 5) is 22.2. The summed E-state index contributed by atoms with van der Waals surface area (Å²) in [7, 11) is 0. The van der Waals surface area contributed by atoms with Crippen molar-refractivity contribution in [1.82, 2.24) is 19.4 Å². The molecule has 0 bridgehead atoms. The molecular formula is C24H31FN4O. The van der Waals surface area contributed by atoms with E-state index in [-0.39, 0.29) is 17.6 Å². The van der Waals surface area contributed by atoms with E-state index in [0.29, 0.717) is 19.0 Å². The molecule has 1 aromatic carbocycles. The molecule has 0 radical (unpaired) electrons. The Bertz CT molecular complexity index is 868. The number of likely N-dealkylation sites (tertiary alicyclic amines) is 1. The molecule has 2 aliphatic heterocycles. The summed E-state index contributed by atoms with van der Waals surface area (Å²) in [6.45, 7) is 7.14. The fourth-order valence-corrected chi connectivity index (χ4v) is 4.71. The number of hydrogen-bond acceptors (Lipinski definition) is 3. The standard InChI is InChI=1S/C24H31FN4O/c1-2-28-16-12-26-23(28)18-27-14-10-20(11-15-27)22-5-3-4-13-29(24(22)30)17-19-6-8-21(25)9-7-19/h3-4,6-9,12,16,20,22H,2,5,10-11,13-15,17-18H2,1H3/t22-/m1/s1. The molecule has 6 heteroatoms. The highest BCUT2D eigenvalue weighted by molar-refractivity contribution is 5.80. The van der Waals surface area contributed by atoms with Crippen LogP contribution in [0.25, 0.3) is 0 Å². The third kappa shape index (κ3) is 4.81. The van der Waals surface area contributed by atoms with Gasteiger partial charge in [-0.05, 0) is 62.9 Å². The van der Waals surface area contributed by atoms with E-state index in [0.717, 1.165) is 56.8 Å². The van der Waals surface area contributed by atoms with Crippen molar-refractivity contribution < 1.29 is 9.18 Å². The molecular weight excluding hydrogens is 379 g/mol. The normalized spacial score (nSPS) is 21.2. The minimum absolute atomic E-state index is 0.0453. The van der Waals surface area contributed by atoms with Gasteiger partial charge in [-0.1, -0.05) is 24.3 Å². The van der Waals surface area contributed by atoms with Crippen LogP contribution < -0.4 is 0 Å². The molecule has 0 unspecified atom stereocenters. The maximum absolute atomic E-state index is 13.3. The summed E-state index contributed by atoms with van der Waals surface area (Å²) in [5.41, 5.74) is 0.972. The monoisotopic (exact) mass is 410 g/mol. The minimum atomic E-state index is -0.244. The number of benzene rings is 1. The first-order chi connectivity index (χ1) is 14.6. The van der Waals surface area contributed by atoms with Crippen molar-refractivity contribution in [2.24, 2.45) is 11.8 Å². The van der Waals surface area contributed by atoms with Gasteiger partial charge in [-0.2, -0.15) is 0 Å². The van der Waals surface area contributed by atoms with Gasteiger partial charge in [-0.15, -0.1) is 0 Å². The van der Waals surface area contributed by atoms with E-state index < -0.39 is 0 Å². The number of carbonyl (C=O) groups is 1. The number of amides is 1. The zero-order valence-corrected chi connectivity index (χ0v) is 17.7. The number of imidazole rings is 1. The molecule has 2 aromatic rings. The zero-order valence-electron chi connectivity index (χ0n) is 17.7. The minimum Gasteiger partial charge on any atom is -0.334 e. The third-order valence-corrected chi connectivity index (χ3v) is 6.51. The van der Waals surface area contributed by atoms with Gasteiger partial charge >= 0.3 is 0 Å². The lowest BCUT2D eigenvalue weighted by atomic mass is 9.81. The van der Waals surface area contributed by atoms with E-state index in [2.05, 4.69) is 33.5 Å². The Morgan fingerprint density at radius 3 is 2.60 bits per heavy atom. The molecule has 160 valence electrons. The lowest BCUT2D eigenvalue weighted by molar-refractivity contribution is -0.137. The number of hydrogen-bond donors (Lipinski definition) is 0. The van der Waals surface area contributed by atoms with Gasteiger partial charge < -0.3 is 9.47 Å². The van der Waals surface area contributed by atoms with E-state index in [1.54, 1.807) is 12.1 Å². The average Bonchev–Trinajstić information content (AvgIpc) is 3.13. The number of nitrogens with zero attached hydrogens (tertiary/aromatic N) is 4. The fraction of sp³-hybridized carbons (Fsp3) is 0.500. The van der Waals surface area contributed by atoms with Crippen molar-refractivity contribution in [2.45, 2.75) is 45.8 Å². The smallest absolute Gasteiger partial charge is 0.226 e. The summed E-state index contributed by atoms with van der Waals surface area (Å²) >= 11 is 0. The number of piperidine rings is 1. The molecule has 4 rings (SSSR count). The molecule has 2 aliphatic rings. The van der Waals surface area contributed by atoms with Crippen LogP contribution in [0.15, 0.2) is 48.8 Å². The Kier molecular flexibility index (Phi) is 6.62. The lowest BCUT2D eigenvalue weighted by Gasteiger charge is -2.36. The number of aromatic nitrogens is 2. The van der Waals surface area contributed by atoms with Gasteiger partial charge in [0.25, 0.3) is 0 Å². The summed E-state index contributed by atoms with van der Waals surface area (Å²) in [5, 5.41) is 0. The van der Waals surface area contributed by atoms with Crippen LogP contribution >= 0.6 is 0 Å². The van der Waals surface area contributed by atoms with Crippen LogP contribution in [-0.4, -0.2) is 44.9 Å². The Morgan fingerprint density at radius 1 is 1.10 bits per heavy atom. The number of aryl methyl sites for hydroxylation is 1. The van der Waals surface area contributed by atoms with Crippen LogP contribution in [0.4, 0.5) is 4.39 Å². The van der Waals surface area contributed by atoms with Gasteiger partial charge in [0.05, 0.1) is 6.54 Å². The number of rotatable bonds is 6. The molecule has 30 heavy (non-hydrogen) atoms. The molecule has 1 amide bonds. The van der Waals surface area contributed by atoms with Crippen molar-refractivity contribution in [3.63, 3.8) is 0 Å². The van der Waals surface area contributed by atoms with Crippen LogP contribution in [0.2, 0.25) is 0 Å². The van der Waals surface area contributed by atoms with Gasteiger partial charge in [0.2, 0.25) is 5.91 Å². The number of allylic oxidation sites excluding steroid dienone is 1. The van der Waals surface area contributed by atoms with Crippen LogP contribution in [-0.2, 0) is 24.4 Å². The van der Waals surface area contributed by atoms with Gasteiger partial charge in [0.1, 0.15) is 11.6 Å². The van der Waals surface area contributed by atoms with Crippen LogP contribution in [0.3, 0.4) is 0 Å². The molecule has 0 N–H and O–H groups in total. The summed E-state index contributed by atoms with van der Waals surface area (Å²) in [6, 6.07) is 6.46. The zero-order chi connectivity index (χ0) is 20.9. The summed E-state index contributed by atoms with van der Waals surface area (Å²) < 4.78 is 15.4. The Hall–Kier alpha value is -2.47. The second-order valence-corrected chi connectivity index (χ2v) is 8.40. The van der Waals surface area contributed by atoms with E-state index >= 15 is 0 Å². The molecule has 5 nitrogen and oxygen atoms in total. The molecule has 1 atom stereocenters. The largest absolute Gasteiger partial charge is 0.334 e. The Labute approximate surface area is 178 Å². The SMILES string of the molecule is CCn1ccnc1CN1CCC([C@H]2CC=CCN(Cc3ccc(F)cc3)C2=O)CC1. The van der Waals surface area contributed by atoms with Crippen molar-refractivity contribution in [3.05, 3.63) is 66.0 Å². The van der Waals surface area contributed by atoms with Crippen molar-refractivity contribution in [3.8, 4) is 0 Å². The third-order valence-electron chi connectivity index (χ3n) is 6.51. The van der Waals surface area contributed by atoms with Gasteiger partial charge in [0, 0.05) is 37.9 Å². The van der Waals surface area contributed by atoms with Gasteiger partial charge in [-0.25, -0.2) is 9.37 Å². The topological polar surface area (TPSA) is 41.4 Å². The van der Waals surface area contributed by atoms with Crippen LogP contribution in [0.1, 0.15) is 37.6 Å². The molecule has 3 heterocycles. The molecule has 1 saturated heterocycles. The number of carbonyl (C=O) groups excluding carboxylic acids is 1. The molecule has 0 aliphatic carbocycles. The Balaban J connectivity index is 1.35. The average molecular weight is 411 g/mol. The molecule has 0 saturated carbocycles. The summed E-state index contributed by atoms with van der Waals surface area (Å²) in [5.74, 6) is 1.58. The van der Waals surface area contributed by atoms with Gasteiger partial charge in [0.15, 0.2) is 0 Å². The second kappa shape index (κ2) is 9.56. The highest BCUT2D eigenvalue weighted by Gasteiger charge is 2.34. The van der Waals surface area contributed by atoms with Crippen molar-refractivity contribution in [2.75, 3.05) is 19.6 Å². The predicted molar refractivity (Wildman–Crippen MR) is 115 cm³/mol. The molecule has 1 fully saturated rings. The highest BCUT2D eigenvalue weighted by Crippen LogP contribution is 2.31. The first kappa shape index (κ1) is 20.8. The van der Waals surface area contributed by atoms with E-state index in [1.807, 2.05) is 17.3 Å². The van der Waals surface area contributed by atoms with E-state index in [9.17, 15) is 9.18 Å². The quantitative estimate of drug-likeness (QED) is 0.679. The van der Waals surface area contributed by atoms with Crippen LogP contribution in [0.5, 0.6) is 0 Å². The Morgan fingerprint density at radius 2 is 1.87 bits per heavy atom. The predicted octanol–water partition coefficient (Wildman–Crippen LogP) is 3.86. The molecule has 1 aromatic heterocycles. The molecule has 0 spiro atoms. The fourth-order valence-electron chi connectivity index (χ4n) is 4.71.